The fraction of sp³-hybridized carbons (Fsp3) is 0.471. The topological polar surface area (TPSA) is 39.5 Å². The molecule has 0 aliphatic carbocycles. The number of nitriles is 1. The molecule has 22 heavy (non-hydrogen) atoms. The molecule has 0 radical (unpaired) electrons. The first-order chi connectivity index (χ1) is 10.8. The Balaban J connectivity index is 1.55. The molecular formula is C17H20FN3O. The summed E-state index contributed by atoms with van der Waals surface area (Å²) in [6.07, 6.45) is 6.30. The van der Waals surface area contributed by atoms with Crippen LogP contribution < -0.4 is 4.90 Å². The summed E-state index contributed by atoms with van der Waals surface area (Å²) in [5, 5.41) is 8.80. The van der Waals surface area contributed by atoms with Crippen molar-refractivity contribution in [3.05, 3.63) is 41.9 Å². The van der Waals surface area contributed by atoms with Crippen LogP contribution in [0.3, 0.4) is 0 Å². The summed E-state index contributed by atoms with van der Waals surface area (Å²) < 4.78 is 19.7. The normalized spacial score (nSPS) is 22.2. The fourth-order valence-electron chi connectivity index (χ4n) is 3.01. The Bertz CT molecular complexity index is 588. The van der Waals surface area contributed by atoms with Gasteiger partial charge < -0.3 is 9.64 Å². The molecule has 3 rings (SSSR count). The second-order valence-corrected chi connectivity index (χ2v) is 5.77. The van der Waals surface area contributed by atoms with Gasteiger partial charge in [0.25, 0.3) is 0 Å². The summed E-state index contributed by atoms with van der Waals surface area (Å²) in [4.78, 5) is 4.43. The Kier molecular flexibility index (Phi) is 4.59. The Morgan fingerprint density at radius 3 is 2.73 bits per heavy atom. The van der Waals surface area contributed by atoms with Crippen LogP contribution in [0.25, 0.3) is 0 Å². The van der Waals surface area contributed by atoms with Crippen molar-refractivity contribution in [2.45, 2.75) is 18.9 Å². The third-order valence-electron chi connectivity index (χ3n) is 4.27. The Hall–Kier alpha value is -2.06. The lowest BCUT2D eigenvalue weighted by atomic mass is 10.1. The van der Waals surface area contributed by atoms with Gasteiger partial charge in [-0.15, -0.1) is 0 Å². The van der Waals surface area contributed by atoms with Crippen molar-refractivity contribution in [2.24, 2.45) is 0 Å². The highest BCUT2D eigenvalue weighted by atomic mass is 19.1. The van der Waals surface area contributed by atoms with Crippen molar-refractivity contribution < 1.29 is 9.13 Å². The van der Waals surface area contributed by atoms with E-state index in [9.17, 15) is 4.39 Å². The number of benzene rings is 1. The smallest absolute Gasteiger partial charge is 0.147 e. The molecule has 0 spiro atoms. The van der Waals surface area contributed by atoms with E-state index in [0.29, 0.717) is 11.3 Å². The zero-order valence-electron chi connectivity index (χ0n) is 12.5. The minimum atomic E-state index is -0.312. The van der Waals surface area contributed by atoms with Crippen LogP contribution in [-0.4, -0.2) is 43.7 Å². The van der Waals surface area contributed by atoms with Crippen LogP contribution in [0, 0.1) is 17.1 Å². The molecule has 0 unspecified atom stereocenters. The van der Waals surface area contributed by atoms with E-state index in [1.54, 1.807) is 18.4 Å². The van der Waals surface area contributed by atoms with Crippen molar-refractivity contribution in [1.29, 1.82) is 5.26 Å². The SMILES string of the molecule is N#Cc1ccc(N2CCN(C[C@@H]3CCC=CO3)CC2)c(F)c1. The molecule has 1 atom stereocenters. The number of piperazine rings is 1. The first-order valence-corrected chi connectivity index (χ1v) is 7.73. The second kappa shape index (κ2) is 6.80. The number of hydrogen-bond acceptors (Lipinski definition) is 4. The maximum atomic E-state index is 14.1. The lowest BCUT2D eigenvalue weighted by Gasteiger charge is -2.37. The van der Waals surface area contributed by atoms with Crippen molar-refractivity contribution in [2.75, 3.05) is 37.6 Å². The highest BCUT2D eigenvalue weighted by Gasteiger charge is 2.22. The number of nitrogens with zero attached hydrogens (tertiary/aromatic N) is 3. The minimum Gasteiger partial charge on any atom is -0.497 e. The third-order valence-corrected chi connectivity index (χ3v) is 4.27. The average molecular weight is 301 g/mol. The molecule has 2 aliphatic heterocycles. The monoisotopic (exact) mass is 301 g/mol. The van der Waals surface area contributed by atoms with Crippen molar-refractivity contribution in [3.63, 3.8) is 0 Å². The van der Waals surface area contributed by atoms with Crippen LogP contribution in [0.2, 0.25) is 0 Å². The predicted molar refractivity (Wildman–Crippen MR) is 83.0 cm³/mol. The summed E-state index contributed by atoms with van der Waals surface area (Å²) in [6.45, 7) is 4.34. The van der Waals surface area contributed by atoms with Crippen LogP contribution in [0.5, 0.6) is 0 Å². The molecule has 1 saturated heterocycles. The van der Waals surface area contributed by atoms with Crippen LogP contribution in [0.15, 0.2) is 30.5 Å². The number of ether oxygens (including phenoxy) is 1. The van der Waals surface area contributed by atoms with Crippen molar-refractivity contribution >= 4 is 5.69 Å². The molecular weight excluding hydrogens is 281 g/mol. The summed E-state index contributed by atoms with van der Waals surface area (Å²) in [6, 6.07) is 6.65. The molecule has 0 saturated carbocycles. The van der Waals surface area contributed by atoms with Gasteiger partial charge in [-0.05, 0) is 37.1 Å². The van der Waals surface area contributed by atoms with Crippen LogP contribution in [-0.2, 0) is 4.74 Å². The largest absolute Gasteiger partial charge is 0.497 e. The fourth-order valence-corrected chi connectivity index (χ4v) is 3.01. The van der Waals surface area contributed by atoms with Gasteiger partial charge in [-0.1, -0.05) is 0 Å². The van der Waals surface area contributed by atoms with E-state index in [4.69, 9.17) is 10.00 Å². The van der Waals surface area contributed by atoms with Gasteiger partial charge in [0.15, 0.2) is 0 Å². The molecule has 4 nitrogen and oxygen atoms in total. The first-order valence-electron chi connectivity index (χ1n) is 7.73. The maximum absolute atomic E-state index is 14.1. The zero-order valence-corrected chi connectivity index (χ0v) is 12.5. The predicted octanol–water partition coefficient (Wildman–Crippen LogP) is 2.51. The molecule has 0 amide bonds. The Labute approximate surface area is 130 Å². The van der Waals surface area contributed by atoms with Gasteiger partial charge in [-0.25, -0.2) is 4.39 Å². The van der Waals surface area contributed by atoms with E-state index in [-0.39, 0.29) is 11.9 Å². The van der Waals surface area contributed by atoms with Gasteiger partial charge in [0.2, 0.25) is 0 Å². The summed E-state index contributed by atoms with van der Waals surface area (Å²) in [5.74, 6) is -0.312. The Morgan fingerprint density at radius 2 is 2.09 bits per heavy atom. The van der Waals surface area contributed by atoms with Gasteiger partial charge in [0.1, 0.15) is 11.9 Å². The minimum absolute atomic E-state index is 0.281. The molecule has 2 aliphatic rings. The number of allylic oxidation sites excluding steroid dienone is 1. The third kappa shape index (κ3) is 3.40. The van der Waals surface area contributed by atoms with Crippen molar-refractivity contribution in [1.82, 2.24) is 4.90 Å². The van der Waals surface area contributed by atoms with Gasteiger partial charge in [-0.2, -0.15) is 5.26 Å². The molecule has 1 fully saturated rings. The molecule has 1 aromatic rings. The summed E-state index contributed by atoms with van der Waals surface area (Å²) >= 11 is 0. The highest BCUT2D eigenvalue weighted by molar-refractivity contribution is 5.51. The van der Waals surface area contributed by atoms with Gasteiger partial charge >= 0.3 is 0 Å². The van der Waals surface area contributed by atoms with Gasteiger partial charge in [-0.3, -0.25) is 4.90 Å². The summed E-state index contributed by atoms with van der Waals surface area (Å²) in [5.41, 5.74) is 0.956. The number of rotatable bonds is 3. The lowest BCUT2D eigenvalue weighted by molar-refractivity contribution is 0.0766. The molecule has 5 heteroatoms. The zero-order chi connectivity index (χ0) is 15.4. The van der Waals surface area contributed by atoms with Gasteiger partial charge in [0, 0.05) is 32.7 Å². The van der Waals surface area contributed by atoms with Crippen LogP contribution in [0.1, 0.15) is 18.4 Å². The maximum Gasteiger partial charge on any atom is 0.147 e. The molecule has 116 valence electrons. The number of halogens is 1. The average Bonchev–Trinajstić information content (AvgIpc) is 2.56. The summed E-state index contributed by atoms with van der Waals surface area (Å²) in [7, 11) is 0. The van der Waals surface area contributed by atoms with E-state index < -0.39 is 0 Å². The number of anilines is 1. The van der Waals surface area contributed by atoms with E-state index in [2.05, 4.69) is 15.9 Å². The van der Waals surface area contributed by atoms with E-state index in [1.807, 2.05) is 6.07 Å². The van der Waals surface area contributed by atoms with Crippen molar-refractivity contribution in [3.8, 4) is 6.07 Å². The molecule has 0 bridgehead atoms. The van der Waals surface area contributed by atoms with E-state index in [0.717, 1.165) is 45.6 Å². The molecule has 0 N–H and O–H groups in total. The quantitative estimate of drug-likeness (QED) is 0.860. The highest BCUT2D eigenvalue weighted by Crippen LogP contribution is 2.22. The Morgan fingerprint density at radius 1 is 1.27 bits per heavy atom. The standard InChI is InChI=1S/C17H20FN3O/c18-16-11-14(12-19)4-5-17(16)21-8-6-20(7-9-21)13-15-3-1-2-10-22-15/h2,4-5,10-11,15H,1,3,6-9,13H2/t15-/m0/s1. The van der Waals surface area contributed by atoms with E-state index >= 15 is 0 Å². The van der Waals surface area contributed by atoms with Crippen LogP contribution in [0.4, 0.5) is 10.1 Å². The van der Waals surface area contributed by atoms with E-state index in [1.165, 1.54) is 6.07 Å². The molecule has 2 heterocycles. The second-order valence-electron chi connectivity index (χ2n) is 5.77. The van der Waals surface area contributed by atoms with Gasteiger partial charge in [0.05, 0.1) is 23.6 Å². The molecule has 1 aromatic carbocycles. The molecule has 0 aromatic heterocycles. The lowest BCUT2D eigenvalue weighted by Crippen LogP contribution is -2.49. The van der Waals surface area contributed by atoms with Crippen LogP contribution >= 0.6 is 0 Å². The first kappa shape index (κ1) is 14.9. The number of hydrogen-bond donors (Lipinski definition) is 0.